The number of aryl methyl sites for hydroxylation is 1. The predicted molar refractivity (Wildman–Crippen MR) is 68.3 cm³/mol. The van der Waals surface area contributed by atoms with Crippen LogP contribution in [0.5, 0.6) is 0 Å². The molecular weight excluding hydrogens is 234 g/mol. The summed E-state index contributed by atoms with van der Waals surface area (Å²) in [5, 5.41) is 0.819. The van der Waals surface area contributed by atoms with E-state index in [1.54, 1.807) is 6.20 Å². The van der Waals surface area contributed by atoms with Crippen molar-refractivity contribution in [1.82, 2.24) is 9.55 Å². The Bertz CT molecular complexity index is 519. The van der Waals surface area contributed by atoms with E-state index in [0.29, 0.717) is 5.69 Å². The number of aromatic nitrogens is 2. The Labute approximate surface area is 104 Å². The summed E-state index contributed by atoms with van der Waals surface area (Å²) in [7, 11) is 0. The zero-order valence-corrected chi connectivity index (χ0v) is 10.3. The highest BCUT2D eigenvalue weighted by molar-refractivity contribution is 7.99. The van der Waals surface area contributed by atoms with Gasteiger partial charge in [0.1, 0.15) is 5.69 Å². The predicted octanol–water partition coefficient (Wildman–Crippen LogP) is 2.45. The molecular formula is C12H13N3OS. The van der Waals surface area contributed by atoms with E-state index in [0.717, 1.165) is 28.6 Å². The summed E-state index contributed by atoms with van der Waals surface area (Å²) in [6.07, 6.45) is 2.52. The molecule has 0 saturated carbocycles. The van der Waals surface area contributed by atoms with E-state index in [1.165, 1.54) is 11.8 Å². The second-order valence-electron chi connectivity index (χ2n) is 3.52. The number of carbonyl (C=O) groups excluding carboxylic acids is 1. The van der Waals surface area contributed by atoms with Gasteiger partial charge in [0.25, 0.3) is 0 Å². The lowest BCUT2D eigenvalue weighted by Gasteiger charge is -2.03. The number of anilines is 1. The molecule has 0 fully saturated rings. The van der Waals surface area contributed by atoms with Crippen molar-refractivity contribution < 1.29 is 4.79 Å². The molecule has 5 heteroatoms. The van der Waals surface area contributed by atoms with Gasteiger partial charge in [-0.15, -0.1) is 0 Å². The van der Waals surface area contributed by atoms with Crippen LogP contribution in [0.1, 0.15) is 17.4 Å². The Balaban J connectivity index is 2.25. The molecule has 0 aliphatic carbocycles. The van der Waals surface area contributed by atoms with Crippen LogP contribution >= 0.6 is 11.8 Å². The third kappa shape index (κ3) is 2.68. The van der Waals surface area contributed by atoms with Crippen LogP contribution in [-0.4, -0.2) is 15.8 Å². The van der Waals surface area contributed by atoms with Gasteiger partial charge in [-0.25, -0.2) is 4.98 Å². The Morgan fingerprint density at radius 1 is 1.41 bits per heavy atom. The fourth-order valence-corrected chi connectivity index (χ4v) is 2.36. The summed E-state index contributed by atoms with van der Waals surface area (Å²) in [5.74, 6) is 0. The summed E-state index contributed by atoms with van der Waals surface area (Å²) in [6.45, 7) is 2.81. The highest BCUT2D eigenvalue weighted by atomic mass is 32.2. The van der Waals surface area contributed by atoms with E-state index in [1.807, 2.05) is 35.8 Å². The zero-order valence-electron chi connectivity index (χ0n) is 9.46. The third-order valence-corrected chi connectivity index (χ3v) is 3.33. The number of rotatable bonds is 4. The second-order valence-corrected chi connectivity index (χ2v) is 4.56. The van der Waals surface area contributed by atoms with Crippen LogP contribution in [0.4, 0.5) is 5.69 Å². The molecule has 2 aromatic rings. The molecule has 0 aliphatic rings. The number of nitrogens with zero attached hydrogens (tertiary/aromatic N) is 2. The quantitative estimate of drug-likeness (QED) is 0.666. The highest BCUT2D eigenvalue weighted by Crippen LogP contribution is 2.27. The summed E-state index contributed by atoms with van der Waals surface area (Å²) in [4.78, 5) is 16.0. The van der Waals surface area contributed by atoms with Gasteiger partial charge in [0.2, 0.25) is 0 Å². The lowest BCUT2D eigenvalue weighted by molar-refractivity contribution is 0.111. The van der Waals surface area contributed by atoms with Crippen molar-refractivity contribution >= 4 is 23.7 Å². The number of hydrogen-bond donors (Lipinski definition) is 1. The molecule has 0 bridgehead atoms. The van der Waals surface area contributed by atoms with Crippen molar-refractivity contribution in [1.29, 1.82) is 0 Å². The second kappa shape index (κ2) is 5.05. The van der Waals surface area contributed by atoms with E-state index in [4.69, 9.17) is 5.73 Å². The maximum Gasteiger partial charge on any atom is 0.173 e. The molecule has 1 heterocycles. The Morgan fingerprint density at radius 2 is 2.12 bits per heavy atom. The largest absolute Gasteiger partial charge is 0.399 e. The lowest BCUT2D eigenvalue weighted by atomic mass is 10.3. The molecule has 0 saturated heterocycles. The number of carbonyl (C=O) groups is 1. The third-order valence-electron chi connectivity index (χ3n) is 2.31. The smallest absolute Gasteiger partial charge is 0.173 e. The lowest BCUT2D eigenvalue weighted by Crippen LogP contribution is -1.94. The standard InChI is InChI=1S/C12H13N3OS/c1-2-15-7-10(8-16)14-12(15)17-11-5-3-9(13)4-6-11/h3-8H,2,13H2,1H3. The normalized spacial score (nSPS) is 10.4. The molecule has 0 unspecified atom stereocenters. The van der Waals surface area contributed by atoms with Crippen molar-refractivity contribution in [2.75, 3.05) is 5.73 Å². The first-order valence-corrected chi connectivity index (χ1v) is 6.10. The van der Waals surface area contributed by atoms with E-state index >= 15 is 0 Å². The minimum atomic E-state index is 0.463. The molecule has 0 amide bonds. The van der Waals surface area contributed by atoms with Crippen LogP contribution in [-0.2, 0) is 6.54 Å². The van der Waals surface area contributed by atoms with E-state index in [-0.39, 0.29) is 0 Å². The number of aldehydes is 1. The van der Waals surface area contributed by atoms with Gasteiger partial charge in [-0.2, -0.15) is 0 Å². The van der Waals surface area contributed by atoms with Gasteiger partial charge in [-0.1, -0.05) is 11.8 Å². The zero-order chi connectivity index (χ0) is 12.3. The molecule has 2 rings (SSSR count). The van der Waals surface area contributed by atoms with Gasteiger partial charge >= 0.3 is 0 Å². The van der Waals surface area contributed by atoms with Gasteiger partial charge in [0, 0.05) is 23.3 Å². The minimum absolute atomic E-state index is 0.463. The van der Waals surface area contributed by atoms with Crippen LogP contribution in [0.3, 0.4) is 0 Å². The van der Waals surface area contributed by atoms with Crippen molar-refractivity contribution in [2.24, 2.45) is 0 Å². The summed E-state index contributed by atoms with van der Waals surface area (Å²) in [5.41, 5.74) is 6.83. The average molecular weight is 247 g/mol. The first-order chi connectivity index (χ1) is 8.22. The van der Waals surface area contributed by atoms with Gasteiger partial charge in [-0.05, 0) is 31.2 Å². The number of benzene rings is 1. The fourth-order valence-electron chi connectivity index (χ4n) is 1.42. The molecule has 88 valence electrons. The van der Waals surface area contributed by atoms with E-state index < -0.39 is 0 Å². The van der Waals surface area contributed by atoms with Crippen molar-refractivity contribution in [3.8, 4) is 0 Å². The van der Waals surface area contributed by atoms with Crippen molar-refractivity contribution in [3.63, 3.8) is 0 Å². The van der Waals surface area contributed by atoms with Crippen LogP contribution in [0, 0.1) is 0 Å². The first kappa shape index (κ1) is 11.7. The van der Waals surface area contributed by atoms with Crippen LogP contribution < -0.4 is 5.73 Å². The number of nitrogen functional groups attached to an aromatic ring is 1. The topological polar surface area (TPSA) is 60.9 Å². The molecule has 0 radical (unpaired) electrons. The molecule has 0 atom stereocenters. The van der Waals surface area contributed by atoms with Crippen LogP contribution in [0.15, 0.2) is 40.5 Å². The van der Waals surface area contributed by atoms with Crippen molar-refractivity contribution in [3.05, 3.63) is 36.2 Å². The summed E-state index contributed by atoms with van der Waals surface area (Å²) < 4.78 is 1.95. The Hall–Kier alpha value is -1.75. The van der Waals surface area contributed by atoms with E-state index in [2.05, 4.69) is 4.98 Å². The maximum atomic E-state index is 10.7. The fraction of sp³-hybridized carbons (Fsp3) is 0.167. The first-order valence-electron chi connectivity index (χ1n) is 5.28. The molecule has 2 N–H and O–H groups in total. The molecule has 17 heavy (non-hydrogen) atoms. The van der Waals surface area contributed by atoms with Crippen LogP contribution in [0.2, 0.25) is 0 Å². The van der Waals surface area contributed by atoms with E-state index in [9.17, 15) is 4.79 Å². The molecule has 4 nitrogen and oxygen atoms in total. The Kier molecular flexibility index (Phi) is 3.49. The Morgan fingerprint density at radius 3 is 2.71 bits per heavy atom. The molecule has 1 aromatic carbocycles. The highest BCUT2D eigenvalue weighted by Gasteiger charge is 2.07. The number of imidazole rings is 1. The van der Waals surface area contributed by atoms with Gasteiger partial charge in [0.05, 0.1) is 0 Å². The molecule has 1 aromatic heterocycles. The number of nitrogens with two attached hydrogens (primary N) is 1. The summed E-state index contributed by atoms with van der Waals surface area (Å²) in [6, 6.07) is 7.58. The number of hydrogen-bond acceptors (Lipinski definition) is 4. The summed E-state index contributed by atoms with van der Waals surface area (Å²) >= 11 is 1.52. The van der Waals surface area contributed by atoms with Crippen molar-refractivity contribution in [2.45, 2.75) is 23.5 Å². The molecule has 0 spiro atoms. The van der Waals surface area contributed by atoms with Gasteiger partial charge in [-0.3, -0.25) is 4.79 Å². The molecule has 0 aliphatic heterocycles. The van der Waals surface area contributed by atoms with Crippen LogP contribution in [0.25, 0.3) is 0 Å². The van der Waals surface area contributed by atoms with Gasteiger partial charge < -0.3 is 10.3 Å². The SMILES string of the molecule is CCn1cc(C=O)nc1Sc1ccc(N)cc1. The maximum absolute atomic E-state index is 10.7. The monoisotopic (exact) mass is 247 g/mol. The van der Waals surface area contributed by atoms with Gasteiger partial charge in [0.15, 0.2) is 11.4 Å². The minimum Gasteiger partial charge on any atom is -0.399 e. The average Bonchev–Trinajstić information content (AvgIpc) is 2.74.